The molecular weight excluding hydrogens is 352 g/mol. The van der Waals surface area contributed by atoms with Crippen LogP contribution in [0.5, 0.6) is 0 Å². The maximum Gasteiger partial charge on any atom is 0.243 e. The highest BCUT2D eigenvalue weighted by atomic mass is 19.1. The Morgan fingerprint density at radius 2 is 1.93 bits per heavy atom. The second-order valence-electron chi connectivity index (χ2n) is 6.95. The van der Waals surface area contributed by atoms with Crippen molar-refractivity contribution in [2.75, 3.05) is 51.7 Å². The maximum absolute atomic E-state index is 14.0. The smallest absolute Gasteiger partial charge is 0.243 e. The number of benzene rings is 1. The van der Waals surface area contributed by atoms with E-state index in [1.807, 2.05) is 4.90 Å². The number of amides is 1. The molecule has 0 saturated carbocycles. The van der Waals surface area contributed by atoms with E-state index in [2.05, 4.69) is 29.1 Å². The van der Waals surface area contributed by atoms with Crippen molar-refractivity contribution in [2.24, 2.45) is 4.99 Å². The zero-order chi connectivity index (χ0) is 20.0. The fourth-order valence-corrected chi connectivity index (χ4v) is 2.73. The summed E-state index contributed by atoms with van der Waals surface area (Å²) in [4.78, 5) is 21.8. The molecule has 1 aromatic carbocycles. The number of anilines is 1. The summed E-state index contributed by atoms with van der Waals surface area (Å²) in [6.07, 6.45) is 0.926. The number of rotatable bonds is 5. The molecule has 0 aromatic heterocycles. The van der Waals surface area contributed by atoms with Crippen LogP contribution in [0.3, 0.4) is 0 Å². The first-order valence-electron chi connectivity index (χ1n) is 9.28. The van der Waals surface area contributed by atoms with Crippen molar-refractivity contribution in [3.8, 4) is 0 Å². The molecule has 1 aliphatic rings. The first kappa shape index (κ1) is 20.9. The minimum atomic E-state index is -0.447. The fourth-order valence-electron chi connectivity index (χ4n) is 2.73. The van der Waals surface area contributed by atoms with Crippen LogP contribution in [0, 0.1) is 11.6 Å². The van der Waals surface area contributed by atoms with Crippen molar-refractivity contribution in [3.05, 3.63) is 29.8 Å². The first-order chi connectivity index (χ1) is 12.8. The highest BCUT2D eigenvalue weighted by molar-refractivity contribution is 5.85. The molecule has 0 radical (unpaired) electrons. The van der Waals surface area contributed by atoms with Crippen molar-refractivity contribution in [3.63, 3.8) is 0 Å². The Morgan fingerprint density at radius 1 is 1.26 bits per heavy atom. The van der Waals surface area contributed by atoms with Crippen LogP contribution in [0.1, 0.15) is 20.3 Å². The van der Waals surface area contributed by atoms with Gasteiger partial charge < -0.3 is 20.0 Å². The van der Waals surface area contributed by atoms with Gasteiger partial charge in [-0.15, -0.1) is 0 Å². The van der Waals surface area contributed by atoms with E-state index in [0.29, 0.717) is 32.1 Å². The van der Waals surface area contributed by atoms with Crippen molar-refractivity contribution in [1.29, 1.82) is 0 Å². The summed E-state index contributed by atoms with van der Waals surface area (Å²) in [7, 11) is 3.40. The molecule has 8 heteroatoms. The molecule has 1 amide bonds. The third-order valence-electron chi connectivity index (χ3n) is 4.68. The van der Waals surface area contributed by atoms with Gasteiger partial charge in [0.15, 0.2) is 5.96 Å². The van der Waals surface area contributed by atoms with Gasteiger partial charge in [0.25, 0.3) is 0 Å². The van der Waals surface area contributed by atoms with Crippen LogP contribution >= 0.6 is 0 Å². The number of carbonyl (C=O) groups excluding carboxylic acids is 1. The lowest BCUT2D eigenvalue weighted by Crippen LogP contribution is -2.54. The fraction of sp³-hybridized carbons (Fsp3) is 0.579. The summed E-state index contributed by atoms with van der Waals surface area (Å²) in [5.74, 6) is -0.261. The van der Waals surface area contributed by atoms with E-state index in [1.54, 1.807) is 14.1 Å². The van der Waals surface area contributed by atoms with Gasteiger partial charge in [0.2, 0.25) is 5.91 Å². The standard InChI is InChI=1S/C19H29F2N5O/c1-5-14(2)23-19(22-13-18(27)24(3)4)26-10-8-25(9-11-26)17-12-15(20)6-7-16(17)21/h6-7,12,14H,5,8-11,13H2,1-4H3,(H,22,23). The van der Waals surface area contributed by atoms with Gasteiger partial charge in [-0.1, -0.05) is 6.92 Å². The van der Waals surface area contributed by atoms with Crippen LogP contribution < -0.4 is 10.2 Å². The van der Waals surface area contributed by atoms with Crippen LogP contribution in [0.25, 0.3) is 0 Å². The van der Waals surface area contributed by atoms with E-state index in [1.165, 1.54) is 11.0 Å². The summed E-state index contributed by atoms with van der Waals surface area (Å²) < 4.78 is 27.5. The SMILES string of the molecule is CCC(C)NC(=NCC(=O)N(C)C)N1CCN(c2cc(F)ccc2F)CC1. The summed E-state index contributed by atoms with van der Waals surface area (Å²) >= 11 is 0. The Hall–Kier alpha value is -2.38. The molecule has 0 bridgehead atoms. The summed E-state index contributed by atoms with van der Waals surface area (Å²) in [5, 5.41) is 3.36. The zero-order valence-corrected chi connectivity index (χ0v) is 16.5. The second kappa shape index (κ2) is 9.53. The minimum absolute atomic E-state index is 0.0704. The van der Waals surface area contributed by atoms with E-state index in [4.69, 9.17) is 0 Å². The van der Waals surface area contributed by atoms with Gasteiger partial charge in [-0.25, -0.2) is 13.8 Å². The average molecular weight is 381 g/mol. The lowest BCUT2D eigenvalue weighted by molar-refractivity contribution is -0.127. The predicted molar refractivity (Wildman–Crippen MR) is 104 cm³/mol. The van der Waals surface area contributed by atoms with Gasteiger partial charge in [0, 0.05) is 52.4 Å². The van der Waals surface area contributed by atoms with Crippen LogP contribution in [0.15, 0.2) is 23.2 Å². The van der Waals surface area contributed by atoms with Crippen LogP contribution in [0.4, 0.5) is 14.5 Å². The number of piperazine rings is 1. The normalized spacial score (nSPS) is 16.3. The summed E-state index contributed by atoms with van der Waals surface area (Å²) in [5.41, 5.74) is 0.283. The maximum atomic E-state index is 14.0. The number of carbonyl (C=O) groups is 1. The highest BCUT2D eigenvalue weighted by Gasteiger charge is 2.23. The summed E-state index contributed by atoms with van der Waals surface area (Å²) in [6, 6.07) is 3.73. The number of nitrogens with zero attached hydrogens (tertiary/aromatic N) is 4. The predicted octanol–water partition coefficient (Wildman–Crippen LogP) is 1.92. The number of hydrogen-bond donors (Lipinski definition) is 1. The molecule has 1 heterocycles. The lowest BCUT2D eigenvalue weighted by atomic mass is 10.2. The van der Waals surface area contributed by atoms with Gasteiger partial charge in [-0.2, -0.15) is 0 Å². The molecule has 150 valence electrons. The van der Waals surface area contributed by atoms with E-state index in [-0.39, 0.29) is 24.2 Å². The van der Waals surface area contributed by atoms with E-state index < -0.39 is 11.6 Å². The largest absolute Gasteiger partial charge is 0.366 e. The number of aliphatic imine (C=N–C) groups is 1. The Morgan fingerprint density at radius 3 is 2.52 bits per heavy atom. The van der Waals surface area contributed by atoms with Gasteiger partial charge in [-0.05, 0) is 25.5 Å². The number of hydrogen-bond acceptors (Lipinski definition) is 3. The molecule has 1 N–H and O–H groups in total. The molecule has 27 heavy (non-hydrogen) atoms. The number of likely N-dealkylation sites (N-methyl/N-ethyl adjacent to an activating group) is 1. The molecule has 6 nitrogen and oxygen atoms in total. The van der Waals surface area contributed by atoms with Crippen LogP contribution in [0.2, 0.25) is 0 Å². The second-order valence-corrected chi connectivity index (χ2v) is 6.95. The minimum Gasteiger partial charge on any atom is -0.366 e. The Kier molecular flexibility index (Phi) is 7.38. The molecule has 1 atom stereocenters. The van der Waals surface area contributed by atoms with E-state index in [0.717, 1.165) is 18.6 Å². The molecule has 1 fully saturated rings. The van der Waals surface area contributed by atoms with Gasteiger partial charge in [0.05, 0.1) is 5.69 Å². The zero-order valence-electron chi connectivity index (χ0n) is 16.5. The number of nitrogens with one attached hydrogen (secondary N) is 1. The summed E-state index contributed by atoms with van der Waals surface area (Å²) in [6.45, 7) is 6.51. The van der Waals surface area contributed by atoms with Crippen molar-refractivity contribution in [1.82, 2.24) is 15.1 Å². The Labute approximate surface area is 159 Å². The molecule has 1 unspecified atom stereocenters. The monoisotopic (exact) mass is 381 g/mol. The van der Waals surface area contributed by atoms with Crippen molar-refractivity contribution in [2.45, 2.75) is 26.3 Å². The molecular formula is C19H29F2N5O. The highest BCUT2D eigenvalue weighted by Crippen LogP contribution is 2.22. The van der Waals surface area contributed by atoms with Crippen LogP contribution in [-0.4, -0.2) is 74.5 Å². The number of halogens is 2. The van der Waals surface area contributed by atoms with Gasteiger partial charge in [-0.3, -0.25) is 4.79 Å². The third-order valence-corrected chi connectivity index (χ3v) is 4.68. The molecule has 1 saturated heterocycles. The topological polar surface area (TPSA) is 51.2 Å². The molecule has 0 spiro atoms. The van der Waals surface area contributed by atoms with Gasteiger partial charge >= 0.3 is 0 Å². The van der Waals surface area contributed by atoms with Gasteiger partial charge in [0.1, 0.15) is 18.2 Å². The quantitative estimate of drug-likeness (QED) is 0.625. The van der Waals surface area contributed by atoms with Crippen molar-refractivity contribution < 1.29 is 13.6 Å². The molecule has 0 aliphatic carbocycles. The number of guanidine groups is 1. The molecule has 1 aromatic rings. The Balaban J connectivity index is 2.07. The Bertz CT molecular complexity index is 672. The first-order valence-corrected chi connectivity index (χ1v) is 9.28. The van der Waals surface area contributed by atoms with E-state index in [9.17, 15) is 13.6 Å². The van der Waals surface area contributed by atoms with E-state index >= 15 is 0 Å². The van der Waals surface area contributed by atoms with Crippen molar-refractivity contribution >= 4 is 17.6 Å². The average Bonchev–Trinajstić information content (AvgIpc) is 2.66. The third kappa shape index (κ3) is 5.80. The lowest BCUT2D eigenvalue weighted by Gasteiger charge is -2.38. The molecule has 2 rings (SSSR count). The molecule has 1 aliphatic heterocycles. The van der Waals surface area contributed by atoms with Crippen LogP contribution in [-0.2, 0) is 4.79 Å².